The maximum atomic E-state index is 13.1. The van der Waals surface area contributed by atoms with Gasteiger partial charge in [0.05, 0.1) is 21.7 Å². The number of imidazole rings is 1. The Morgan fingerprint density at radius 1 is 1.00 bits per heavy atom. The van der Waals surface area contributed by atoms with Crippen LogP contribution >= 0.6 is 0 Å². The molecule has 0 saturated heterocycles. The van der Waals surface area contributed by atoms with Gasteiger partial charge in [0.25, 0.3) is 0 Å². The number of para-hydroxylation sites is 2. The predicted octanol–water partition coefficient (Wildman–Crippen LogP) is 5.11. The topological polar surface area (TPSA) is 96.7 Å². The van der Waals surface area contributed by atoms with Crippen LogP contribution in [0.5, 0.6) is 0 Å². The number of nitrogens with zero attached hydrogens (tertiary/aromatic N) is 3. The third-order valence-corrected chi connectivity index (χ3v) is 4.78. The molecule has 0 aliphatic heterocycles. The molecule has 0 atom stereocenters. The Labute approximate surface area is 172 Å². The van der Waals surface area contributed by atoms with E-state index in [9.17, 15) is 14.5 Å². The van der Waals surface area contributed by atoms with Gasteiger partial charge < -0.3 is 10.3 Å². The van der Waals surface area contributed by atoms with Gasteiger partial charge in [0.15, 0.2) is 0 Å². The monoisotopic (exact) mass is 405 g/mol. The summed E-state index contributed by atoms with van der Waals surface area (Å²) in [5, 5.41) is 14.4. The van der Waals surface area contributed by atoms with E-state index in [0.29, 0.717) is 17.8 Å². The quantitative estimate of drug-likeness (QED) is 0.241. The highest BCUT2D eigenvalue weighted by atomic mass is 19.1. The molecule has 4 aromatic rings. The molecule has 0 bridgehead atoms. The Hall–Kier alpha value is -3.81. The Balaban J connectivity index is 1.38. The van der Waals surface area contributed by atoms with Crippen LogP contribution in [0.1, 0.15) is 18.7 Å². The number of hydrogen-bond donors (Lipinski definition) is 2. The number of H-pyrrole nitrogens is 1. The molecule has 7 nitrogen and oxygen atoms in total. The SMILES string of the molecule is O=[N+]([O-])c1ccc(-c2ccc(F)cc2)nc1NCCCCc1nc2ccccc2[nH]1. The molecule has 0 amide bonds. The molecule has 8 heteroatoms. The summed E-state index contributed by atoms with van der Waals surface area (Å²) in [5.41, 5.74) is 3.12. The molecule has 2 aromatic heterocycles. The van der Waals surface area contributed by atoms with Gasteiger partial charge in [0, 0.05) is 24.6 Å². The molecule has 2 heterocycles. The molecule has 2 aromatic carbocycles. The number of unbranched alkanes of at least 4 members (excludes halogenated alkanes) is 1. The number of aryl methyl sites for hydroxylation is 1. The van der Waals surface area contributed by atoms with Gasteiger partial charge in [-0.05, 0) is 55.3 Å². The van der Waals surface area contributed by atoms with E-state index in [0.717, 1.165) is 36.1 Å². The maximum Gasteiger partial charge on any atom is 0.311 e. The Kier molecular flexibility index (Phi) is 5.65. The molecule has 0 fully saturated rings. The first-order chi connectivity index (χ1) is 14.6. The number of benzene rings is 2. The van der Waals surface area contributed by atoms with Crippen LogP contribution in [0.3, 0.4) is 0 Å². The molecule has 0 radical (unpaired) electrons. The molecule has 0 saturated carbocycles. The lowest BCUT2D eigenvalue weighted by atomic mass is 10.1. The first-order valence-corrected chi connectivity index (χ1v) is 9.69. The smallest absolute Gasteiger partial charge is 0.311 e. The molecule has 30 heavy (non-hydrogen) atoms. The van der Waals surface area contributed by atoms with Crippen LogP contribution in [0.25, 0.3) is 22.3 Å². The summed E-state index contributed by atoms with van der Waals surface area (Å²) in [7, 11) is 0. The van der Waals surface area contributed by atoms with E-state index in [1.54, 1.807) is 18.2 Å². The van der Waals surface area contributed by atoms with E-state index in [2.05, 4.69) is 20.3 Å². The second-order valence-corrected chi connectivity index (χ2v) is 6.91. The van der Waals surface area contributed by atoms with Gasteiger partial charge in [-0.15, -0.1) is 0 Å². The molecule has 2 N–H and O–H groups in total. The normalized spacial score (nSPS) is 11.0. The maximum absolute atomic E-state index is 13.1. The minimum Gasteiger partial charge on any atom is -0.364 e. The van der Waals surface area contributed by atoms with Crippen molar-refractivity contribution < 1.29 is 9.31 Å². The fraction of sp³-hybridized carbons (Fsp3) is 0.182. The largest absolute Gasteiger partial charge is 0.364 e. The van der Waals surface area contributed by atoms with Crippen molar-refractivity contribution in [2.45, 2.75) is 19.3 Å². The number of pyridine rings is 1. The fourth-order valence-electron chi connectivity index (χ4n) is 3.26. The van der Waals surface area contributed by atoms with Gasteiger partial charge in [-0.25, -0.2) is 14.4 Å². The van der Waals surface area contributed by atoms with E-state index < -0.39 is 4.92 Å². The van der Waals surface area contributed by atoms with Crippen LogP contribution in [0.4, 0.5) is 15.9 Å². The van der Waals surface area contributed by atoms with Crippen LogP contribution in [-0.2, 0) is 6.42 Å². The van der Waals surface area contributed by atoms with E-state index in [4.69, 9.17) is 0 Å². The second-order valence-electron chi connectivity index (χ2n) is 6.91. The van der Waals surface area contributed by atoms with Crippen molar-refractivity contribution in [3.63, 3.8) is 0 Å². The summed E-state index contributed by atoms with van der Waals surface area (Å²) in [4.78, 5) is 23.1. The number of nitrogens with one attached hydrogen (secondary N) is 2. The number of nitro groups is 1. The van der Waals surface area contributed by atoms with E-state index >= 15 is 0 Å². The summed E-state index contributed by atoms with van der Waals surface area (Å²) in [5.74, 6) is 0.799. The number of rotatable bonds is 8. The zero-order valence-corrected chi connectivity index (χ0v) is 16.1. The molecule has 152 valence electrons. The Morgan fingerprint density at radius 3 is 2.57 bits per heavy atom. The van der Waals surface area contributed by atoms with Crippen LogP contribution in [0.2, 0.25) is 0 Å². The summed E-state index contributed by atoms with van der Waals surface area (Å²) in [6.07, 6.45) is 2.47. The van der Waals surface area contributed by atoms with Crippen molar-refractivity contribution in [3.05, 3.63) is 82.4 Å². The first-order valence-electron chi connectivity index (χ1n) is 9.69. The summed E-state index contributed by atoms with van der Waals surface area (Å²) in [6.45, 7) is 0.543. The minimum atomic E-state index is -0.460. The molecular weight excluding hydrogens is 385 g/mol. The van der Waals surface area contributed by atoms with Gasteiger partial charge in [-0.2, -0.15) is 0 Å². The molecule has 0 aliphatic carbocycles. The summed E-state index contributed by atoms with van der Waals surface area (Å²) >= 11 is 0. The highest BCUT2D eigenvalue weighted by Crippen LogP contribution is 2.27. The standard InChI is InChI=1S/C22H20FN5O2/c23-16-10-8-15(9-11-16)17-12-13-20(28(29)30)22(27-17)24-14-4-3-7-21-25-18-5-1-2-6-19(18)26-21/h1-2,5-6,8-13H,3-4,7,14H2,(H,24,27)(H,25,26). The molecule has 0 unspecified atom stereocenters. The van der Waals surface area contributed by atoms with Crippen molar-refractivity contribution >= 4 is 22.5 Å². The number of anilines is 1. The van der Waals surface area contributed by atoms with E-state index in [1.165, 1.54) is 18.2 Å². The number of fused-ring (bicyclic) bond motifs is 1. The number of aromatic amines is 1. The number of aromatic nitrogens is 3. The Bertz CT molecular complexity index is 1140. The third-order valence-electron chi connectivity index (χ3n) is 4.78. The number of hydrogen-bond acceptors (Lipinski definition) is 5. The second kappa shape index (κ2) is 8.69. The van der Waals surface area contributed by atoms with Gasteiger partial charge in [0.2, 0.25) is 5.82 Å². The van der Waals surface area contributed by atoms with Crippen LogP contribution < -0.4 is 5.32 Å². The summed E-state index contributed by atoms with van der Waals surface area (Å²) < 4.78 is 13.1. The average Bonchev–Trinajstić information content (AvgIpc) is 3.16. The molecular formula is C22H20FN5O2. The van der Waals surface area contributed by atoms with Crippen molar-refractivity contribution in [1.29, 1.82) is 0 Å². The predicted molar refractivity (Wildman–Crippen MR) is 114 cm³/mol. The zero-order valence-electron chi connectivity index (χ0n) is 16.1. The minimum absolute atomic E-state index is 0.0851. The highest BCUT2D eigenvalue weighted by molar-refractivity contribution is 5.74. The average molecular weight is 405 g/mol. The number of halogens is 1. The van der Waals surface area contributed by atoms with Gasteiger partial charge in [-0.3, -0.25) is 10.1 Å². The van der Waals surface area contributed by atoms with Crippen LogP contribution in [0.15, 0.2) is 60.7 Å². The highest BCUT2D eigenvalue weighted by Gasteiger charge is 2.16. The van der Waals surface area contributed by atoms with E-state index in [1.807, 2.05) is 24.3 Å². The summed E-state index contributed by atoms with van der Waals surface area (Å²) in [6, 6.07) is 16.7. The van der Waals surface area contributed by atoms with Crippen molar-refractivity contribution in [1.82, 2.24) is 15.0 Å². The van der Waals surface area contributed by atoms with Gasteiger partial charge >= 0.3 is 5.69 Å². The molecule has 0 aliphatic rings. The first kappa shape index (κ1) is 19.5. The Morgan fingerprint density at radius 2 is 1.80 bits per heavy atom. The fourth-order valence-corrected chi connectivity index (χ4v) is 3.26. The van der Waals surface area contributed by atoms with Crippen molar-refractivity contribution in [2.24, 2.45) is 0 Å². The molecule has 4 rings (SSSR count). The lowest BCUT2D eigenvalue weighted by Crippen LogP contribution is -2.07. The van der Waals surface area contributed by atoms with Gasteiger partial charge in [-0.1, -0.05) is 12.1 Å². The lowest BCUT2D eigenvalue weighted by molar-refractivity contribution is -0.384. The van der Waals surface area contributed by atoms with Crippen LogP contribution in [-0.4, -0.2) is 26.4 Å². The third kappa shape index (κ3) is 4.43. The lowest BCUT2D eigenvalue weighted by Gasteiger charge is -2.08. The zero-order chi connectivity index (χ0) is 20.9. The van der Waals surface area contributed by atoms with Crippen LogP contribution in [0, 0.1) is 15.9 Å². The van der Waals surface area contributed by atoms with E-state index in [-0.39, 0.29) is 17.3 Å². The van der Waals surface area contributed by atoms with Crippen molar-refractivity contribution in [2.75, 3.05) is 11.9 Å². The van der Waals surface area contributed by atoms with Crippen molar-refractivity contribution in [3.8, 4) is 11.3 Å². The van der Waals surface area contributed by atoms with Gasteiger partial charge in [0.1, 0.15) is 11.6 Å². The molecule has 0 spiro atoms.